The van der Waals surface area contributed by atoms with Gasteiger partial charge in [0.2, 0.25) is 0 Å². The number of aromatic nitrogens is 2. The average molecular weight is 389 g/mol. The van der Waals surface area contributed by atoms with Crippen molar-refractivity contribution in [2.45, 2.75) is 109 Å². The Morgan fingerprint density at radius 1 is 1.04 bits per heavy atom. The van der Waals surface area contributed by atoms with E-state index in [0.29, 0.717) is 25.0 Å². The molecular weight excluding hydrogens is 353 g/mol. The second-order valence-electron chi connectivity index (χ2n) is 7.93. The molecule has 2 unspecified atom stereocenters. The van der Waals surface area contributed by atoms with Crippen LogP contribution in [0.1, 0.15) is 97.1 Å². The van der Waals surface area contributed by atoms with Gasteiger partial charge < -0.3 is 0 Å². The monoisotopic (exact) mass is 388 g/mol. The molecule has 0 aliphatic rings. The van der Waals surface area contributed by atoms with Crippen LogP contribution in [-0.4, -0.2) is 22.3 Å². The van der Waals surface area contributed by atoms with Crippen molar-refractivity contribution in [2.24, 2.45) is 0 Å². The number of H-pyrrole nitrogens is 1. The third-order valence-corrected chi connectivity index (χ3v) is 5.27. The molecule has 1 aromatic rings. The molecule has 3 nitrogen and oxygen atoms in total. The number of rotatable bonds is 14. The quantitative estimate of drug-likeness (QED) is 0.378. The van der Waals surface area contributed by atoms with Gasteiger partial charge in [0.05, 0.1) is 5.69 Å². The highest BCUT2D eigenvalue weighted by atomic mass is 19.3. The standard InChI is InChI=1S/C21H35F3N2O/c1-4-6-8-9-10-11-15-20(3,18-13-14-19(27)26-25-18)16-21(23,24)17(22)12-7-5-2/h13-14,17H,4-12,15-16H2,1-3H3,(H,26,27). The van der Waals surface area contributed by atoms with Gasteiger partial charge in [-0.25, -0.2) is 18.3 Å². The van der Waals surface area contributed by atoms with Crippen molar-refractivity contribution in [1.82, 2.24) is 10.2 Å². The SMILES string of the molecule is CCCCCCCCC(C)(CC(F)(F)C(F)CCCC)c1ccc(=O)[nH]n1. The van der Waals surface area contributed by atoms with Gasteiger partial charge in [-0.2, -0.15) is 5.10 Å². The summed E-state index contributed by atoms with van der Waals surface area (Å²) in [6.07, 6.45) is 5.04. The molecule has 1 aromatic heterocycles. The molecule has 0 saturated carbocycles. The van der Waals surface area contributed by atoms with Crippen LogP contribution in [0.4, 0.5) is 13.2 Å². The molecule has 156 valence electrons. The maximum Gasteiger partial charge on any atom is 0.279 e. The van der Waals surface area contributed by atoms with E-state index in [9.17, 15) is 18.0 Å². The zero-order valence-electron chi connectivity index (χ0n) is 17.0. The molecule has 6 heteroatoms. The zero-order chi connectivity index (χ0) is 20.3. The molecule has 0 spiro atoms. The van der Waals surface area contributed by atoms with Crippen LogP contribution in [0, 0.1) is 0 Å². The number of hydrogen-bond donors (Lipinski definition) is 1. The van der Waals surface area contributed by atoms with E-state index in [4.69, 9.17) is 0 Å². The highest BCUT2D eigenvalue weighted by Crippen LogP contribution is 2.41. The minimum Gasteiger partial charge on any atom is -0.268 e. The first-order valence-corrected chi connectivity index (χ1v) is 10.3. The molecule has 0 bridgehead atoms. The molecule has 0 saturated heterocycles. The van der Waals surface area contributed by atoms with E-state index >= 15 is 0 Å². The molecule has 1 heterocycles. The Labute approximate surface area is 161 Å². The van der Waals surface area contributed by atoms with E-state index in [1.54, 1.807) is 6.92 Å². The van der Waals surface area contributed by atoms with Gasteiger partial charge in [-0.1, -0.05) is 72.1 Å². The Balaban J connectivity index is 2.86. The zero-order valence-corrected chi connectivity index (χ0v) is 17.0. The molecule has 0 aliphatic heterocycles. The van der Waals surface area contributed by atoms with Crippen molar-refractivity contribution in [2.75, 3.05) is 0 Å². The van der Waals surface area contributed by atoms with Crippen molar-refractivity contribution in [3.63, 3.8) is 0 Å². The van der Waals surface area contributed by atoms with E-state index in [1.165, 1.54) is 18.6 Å². The summed E-state index contributed by atoms with van der Waals surface area (Å²) in [7, 11) is 0. The minimum atomic E-state index is -3.41. The number of hydrogen-bond acceptors (Lipinski definition) is 2. The Hall–Kier alpha value is -1.33. The van der Waals surface area contributed by atoms with Crippen LogP contribution >= 0.6 is 0 Å². The largest absolute Gasteiger partial charge is 0.279 e. The van der Waals surface area contributed by atoms with Gasteiger partial charge in [0, 0.05) is 17.9 Å². The molecule has 0 radical (unpaired) electrons. The van der Waals surface area contributed by atoms with Crippen LogP contribution < -0.4 is 5.56 Å². The van der Waals surface area contributed by atoms with Gasteiger partial charge in [-0.05, 0) is 18.9 Å². The molecule has 0 fully saturated rings. The summed E-state index contributed by atoms with van der Waals surface area (Å²) in [5.41, 5.74) is -0.952. The first kappa shape index (κ1) is 23.7. The smallest absolute Gasteiger partial charge is 0.268 e. The first-order chi connectivity index (χ1) is 12.7. The first-order valence-electron chi connectivity index (χ1n) is 10.3. The molecule has 1 rings (SSSR count). The molecule has 1 N–H and O–H groups in total. The predicted molar refractivity (Wildman–Crippen MR) is 104 cm³/mol. The summed E-state index contributed by atoms with van der Waals surface area (Å²) in [5.74, 6) is -3.41. The fourth-order valence-electron chi connectivity index (χ4n) is 3.51. The van der Waals surface area contributed by atoms with Crippen molar-refractivity contribution in [3.05, 3.63) is 28.2 Å². The average Bonchev–Trinajstić information content (AvgIpc) is 2.62. The van der Waals surface area contributed by atoms with Crippen LogP contribution in [0.5, 0.6) is 0 Å². The molecule has 0 aliphatic carbocycles. The lowest BCUT2D eigenvalue weighted by Crippen LogP contribution is -2.39. The topological polar surface area (TPSA) is 45.8 Å². The Morgan fingerprint density at radius 2 is 1.67 bits per heavy atom. The molecular formula is C21H35F3N2O. The van der Waals surface area contributed by atoms with Crippen LogP contribution in [0.15, 0.2) is 16.9 Å². The lowest BCUT2D eigenvalue weighted by Gasteiger charge is -2.34. The fraction of sp³-hybridized carbons (Fsp3) is 0.810. The second kappa shape index (κ2) is 11.5. The van der Waals surface area contributed by atoms with E-state index in [1.807, 2.05) is 6.92 Å². The number of aromatic amines is 1. The maximum atomic E-state index is 14.6. The second-order valence-corrected chi connectivity index (χ2v) is 7.93. The van der Waals surface area contributed by atoms with Crippen molar-refractivity contribution < 1.29 is 13.2 Å². The third-order valence-electron chi connectivity index (χ3n) is 5.27. The van der Waals surface area contributed by atoms with E-state index < -0.39 is 23.9 Å². The number of unbranched alkanes of at least 4 members (excludes halogenated alkanes) is 6. The predicted octanol–water partition coefficient (Wildman–Crippen LogP) is 6.33. The third kappa shape index (κ3) is 8.06. The van der Waals surface area contributed by atoms with Gasteiger partial charge >= 0.3 is 0 Å². The molecule has 0 aromatic carbocycles. The van der Waals surface area contributed by atoms with Crippen molar-refractivity contribution in [1.29, 1.82) is 0 Å². The molecule has 0 amide bonds. The number of alkyl halides is 3. The van der Waals surface area contributed by atoms with E-state index in [2.05, 4.69) is 17.1 Å². The lowest BCUT2D eigenvalue weighted by atomic mass is 9.75. The summed E-state index contributed by atoms with van der Waals surface area (Å²) in [5, 5.41) is 6.32. The Kier molecular flexibility index (Phi) is 10.1. The Bertz CT molecular complexity index is 571. The van der Waals surface area contributed by atoms with Crippen LogP contribution in [0.3, 0.4) is 0 Å². The summed E-state index contributed by atoms with van der Waals surface area (Å²) < 4.78 is 43.4. The van der Waals surface area contributed by atoms with Gasteiger partial charge in [-0.15, -0.1) is 0 Å². The summed E-state index contributed by atoms with van der Waals surface area (Å²) in [4.78, 5) is 11.3. The van der Waals surface area contributed by atoms with Crippen LogP contribution in [0.25, 0.3) is 0 Å². The highest BCUT2D eigenvalue weighted by Gasteiger charge is 2.46. The normalized spacial score (nSPS) is 15.5. The maximum absolute atomic E-state index is 14.6. The summed E-state index contributed by atoms with van der Waals surface area (Å²) in [6.45, 7) is 5.71. The number of halogens is 3. The van der Waals surface area contributed by atoms with Crippen molar-refractivity contribution >= 4 is 0 Å². The summed E-state index contributed by atoms with van der Waals surface area (Å²) in [6, 6.07) is 2.79. The van der Waals surface area contributed by atoms with E-state index in [-0.39, 0.29) is 12.0 Å². The van der Waals surface area contributed by atoms with Gasteiger partial charge in [0.15, 0.2) is 6.17 Å². The van der Waals surface area contributed by atoms with Crippen molar-refractivity contribution in [3.8, 4) is 0 Å². The van der Waals surface area contributed by atoms with Gasteiger partial charge in [0.1, 0.15) is 0 Å². The van der Waals surface area contributed by atoms with Crippen LogP contribution in [0.2, 0.25) is 0 Å². The summed E-state index contributed by atoms with van der Waals surface area (Å²) >= 11 is 0. The minimum absolute atomic E-state index is 0.129. The lowest BCUT2D eigenvalue weighted by molar-refractivity contribution is -0.0966. The van der Waals surface area contributed by atoms with Gasteiger partial charge in [0.25, 0.3) is 11.5 Å². The fourth-order valence-corrected chi connectivity index (χ4v) is 3.51. The van der Waals surface area contributed by atoms with E-state index in [0.717, 1.165) is 32.1 Å². The molecule has 2 atom stereocenters. The number of nitrogens with zero attached hydrogens (tertiary/aromatic N) is 1. The van der Waals surface area contributed by atoms with Gasteiger partial charge in [-0.3, -0.25) is 4.79 Å². The number of nitrogens with one attached hydrogen (secondary N) is 1. The highest BCUT2D eigenvalue weighted by molar-refractivity contribution is 5.15. The Morgan fingerprint density at radius 3 is 2.26 bits per heavy atom. The van der Waals surface area contributed by atoms with Crippen LogP contribution in [-0.2, 0) is 5.41 Å². The molecule has 27 heavy (non-hydrogen) atoms.